The van der Waals surface area contributed by atoms with Crippen molar-refractivity contribution in [2.45, 2.75) is 47.5 Å². The van der Waals surface area contributed by atoms with E-state index in [9.17, 15) is 0 Å². The average molecular weight is 1180 g/mol. The summed E-state index contributed by atoms with van der Waals surface area (Å²) in [5.74, 6) is -1.72. The smallest absolute Gasteiger partial charge is 0.326 e. The Morgan fingerprint density at radius 1 is 0.404 bits per heavy atom. The largest absolute Gasteiger partial charge is 0.468 e. The molecular formula is C87H25NO6. The molecule has 0 saturated heterocycles. The number of rotatable bonds is 5. The lowest BCUT2D eigenvalue weighted by Crippen LogP contribution is -2.59. The number of ether oxygens (including phenoxy) is 3. The molecule has 3 spiro atoms. The van der Waals surface area contributed by atoms with Gasteiger partial charge in [0.15, 0.2) is 5.41 Å². The van der Waals surface area contributed by atoms with E-state index in [4.69, 9.17) is 14.2 Å². The second kappa shape index (κ2) is 10.0. The number of cyclic esters (lactones) is 2. The summed E-state index contributed by atoms with van der Waals surface area (Å²) in [5.41, 5.74) is 9.99. The quantitative estimate of drug-likeness (QED) is 0.0794. The molecule has 1 fully saturated rings. The zero-order valence-electron chi connectivity index (χ0n) is 48.7. The molecule has 0 amide bonds. The van der Waals surface area contributed by atoms with E-state index < -0.39 is 45.7 Å². The summed E-state index contributed by atoms with van der Waals surface area (Å²) in [6.45, 7) is -0.0526. The SMILES string of the molecule is COC(=O)C12C(=O)OCc3cccc(c3)COC(=O)C(NC(c3ccccc3)c3ccccc3)C34C5=C6c7c3c3c8c9c%10c%11c(c%12c5c5c%13c%14c%15c%16c%17c%18c(c7c7c3c3c8c8c%10c%10c%19c%11c%11c%12c5c5c%14c%12c%16c%14c%17c%16c(c%187)c3c3c8c%10c7c8c%19c%11c5c%12c8c%14c7c%163)C%151C6%132)C94. The molecule has 0 aromatic heterocycles. The number of benzene rings is 18. The molecular weight excluding hydrogens is 1150 g/mol. The van der Waals surface area contributed by atoms with E-state index in [-0.39, 0.29) is 25.1 Å². The Labute approximate surface area is 519 Å². The molecule has 7 nitrogen and oxygen atoms in total. The van der Waals surface area contributed by atoms with Crippen LogP contribution in [0.2, 0.25) is 0 Å². The minimum atomic E-state index is -1.93. The Kier molecular flexibility index (Phi) is 4.25. The number of esters is 3. The summed E-state index contributed by atoms with van der Waals surface area (Å²) in [6.07, 6.45) is 0. The predicted molar refractivity (Wildman–Crippen MR) is 370 cm³/mol. The number of nitrogens with one attached hydrogen (secondary N) is 1. The molecule has 6 bridgehead atoms. The lowest BCUT2D eigenvalue weighted by molar-refractivity contribution is -0.165. The highest BCUT2D eigenvalue weighted by molar-refractivity contribution is 6.79. The highest BCUT2D eigenvalue weighted by atomic mass is 16.6. The van der Waals surface area contributed by atoms with Crippen molar-refractivity contribution in [2.75, 3.05) is 7.11 Å². The summed E-state index contributed by atoms with van der Waals surface area (Å²) in [4.78, 5) is 53.2. The van der Waals surface area contributed by atoms with Gasteiger partial charge in [0.2, 0.25) is 0 Å². The van der Waals surface area contributed by atoms with E-state index in [1.54, 1.807) is 0 Å². The lowest BCUT2D eigenvalue weighted by atomic mass is 9.52. The molecule has 6 atom stereocenters. The Morgan fingerprint density at radius 3 is 1.30 bits per heavy atom. The van der Waals surface area contributed by atoms with Crippen molar-refractivity contribution >= 4 is 277 Å². The van der Waals surface area contributed by atoms with Gasteiger partial charge in [-0.05, 0) is 332 Å². The van der Waals surface area contributed by atoms with E-state index >= 15 is 14.4 Å². The third-order valence-corrected chi connectivity index (χ3v) is 30.9. The fraction of sp³-hybridized carbons (Fsp3) is 0.115. The van der Waals surface area contributed by atoms with Crippen molar-refractivity contribution in [1.29, 1.82) is 0 Å². The van der Waals surface area contributed by atoms with E-state index in [0.29, 0.717) is 0 Å². The van der Waals surface area contributed by atoms with Crippen LogP contribution in [-0.4, -0.2) is 31.1 Å². The molecule has 37 rings (SSSR count). The predicted octanol–water partition coefficient (Wildman–Crippen LogP) is 18.4. The van der Waals surface area contributed by atoms with E-state index in [0.717, 1.165) is 44.5 Å². The van der Waals surface area contributed by atoms with Gasteiger partial charge in [0.1, 0.15) is 19.3 Å². The number of allylic oxidation sites excluding steroid dienone is 1. The van der Waals surface area contributed by atoms with Crippen LogP contribution >= 0.6 is 0 Å². The molecule has 27 aromatic carbocycles. The van der Waals surface area contributed by atoms with Gasteiger partial charge in [-0.2, -0.15) is 0 Å². The van der Waals surface area contributed by atoms with Gasteiger partial charge >= 0.3 is 17.9 Å². The molecule has 0 radical (unpaired) electrons. The maximum Gasteiger partial charge on any atom is 0.326 e. The van der Waals surface area contributed by atoms with Crippen LogP contribution in [0, 0.1) is 5.41 Å². The number of hydrogen-bond acceptors (Lipinski definition) is 7. The van der Waals surface area contributed by atoms with Crippen molar-refractivity contribution in [3.63, 3.8) is 0 Å². The Bertz CT molecular complexity index is 8700. The Balaban J connectivity index is 0.937. The molecule has 1 N–H and O–H groups in total. The minimum Gasteiger partial charge on any atom is -0.468 e. The molecule has 7 heteroatoms. The van der Waals surface area contributed by atoms with Crippen LogP contribution in [0.1, 0.15) is 78.7 Å². The molecule has 1 heterocycles. The van der Waals surface area contributed by atoms with Crippen molar-refractivity contribution in [1.82, 2.24) is 5.32 Å². The molecule has 9 aliphatic carbocycles. The Morgan fingerprint density at radius 2 is 0.787 bits per heavy atom. The van der Waals surface area contributed by atoms with Gasteiger partial charge in [0.25, 0.3) is 0 Å². The second-order valence-corrected chi connectivity index (χ2v) is 32.0. The fourth-order valence-corrected chi connectivity index (χ4v) is 30.1. The zero-order valence-corrected chi connectivity index (χ0v) is 48.7. The first-order chi connectivity index (χ1) is 46.5. The van der Waals surface area contributed by atoms with Gasteiger partial charge < -0.3 is 14.2 Å². The maximum absolute atomic E-state index is 17.9. The van der Waals surface area contributed by atoms with Gasteiger partial charge in [0, 0.05) is 5.92 Å². The third kappa shape index (κ3) is 2.47. The second-order valence-electron chi connectivity index (χ2n) is 32.0. The fourth-order valence-electron chi connectivity index (χ4n) is 30.1. The third-order valence-electron chi connectivity index (χ3n) is 30.9. The van der Waals surface area contributed by atoms with E-state index in [1.807, 2.05) is 24.3 Å². The number of hydrogen-bond donors (Lipinski definition) is 1. The molecule has 414 valence electrons. The van der Waals surface area contributed by atoms with Crippen LogP contribution in [0.3, 0.4) is 0 Å². The average Bonchev–Trinajstić information content (AvgIpc) is 1.35. The summed E-state index contributed by atoms with van der Waals surface area (Å²) in [7, 11) is 1.54. The van der Waals surface area contributed by atoms with Crippen molar-refractivity contribution in [3.8, 4) is 0 Å². The van der Waals surface area contributed by atoms with Crippen LogP contribution in [0.15, 0.2) is 84.9 Å². The number of methoxy groups -OCH3 is 1. The van der Waals surface area contributed by atoms with Gasteiger partial charge in [-0.3, -0.25) is 19.7 Å². The summed E-state index contributed by atoms with van der Waals surface area (Å²) < 4.78 is 21.2. The molecule has 1 saturated carbocycles. The normalized spacial score (nSPS) is 25.9. The van der Waals surface area contributed by atoms with Gasteiger partial charge in [0.05, 0.1) is 29.4 Å². The van der Waals surface area contributed by atoms with E-state index in [2.05, 4.69) is 66.0 Å². The lowest BCUT2D eigenvalue weighted by Gasteiger charge is -2.51. The van der Waals surface area contributed by atoms with Crippen LogP contribution in [0.4, 0.5) is 0 Å². The number of carbonyl (C=O) groups is 3. The van der Waals surface area contributed by atoms with E-state index in [1.165, 1.54) is 288 Å². The van der Waals surface area contributed by atoms with Crippen LogP contribution in [-0.2, 0) is 58.1 Å². The first kappa shape index (κ1) is 39.9. The van der Waals surface area contributed by atoms with Crippen molar-refractivity contribution in [3.05, 3.63) is 152 Å². The summed E-state index contributed by atoms with van der Waals surface area (Å²) in [5, 5.41) is 68.8. The first-order valence-corrected chi connectivity index (χ1v) is 33.9. The van der Waals surface area contributed by atoms with Crippen LogP contribution in [0.25, 0.3) is 259 Å². The Hall–Kier alpha value is -11.3. The highest BCUT2D eigenvalue weighted by Crippen LogP contribution is 2.99. The van der Waals surface area contributed by atoms with Gasteiger partial charge in [-0.25, -0.2) is 0 Å². The molecule has 94 heavy (non-hydrogen) atoms. The zero-order chi connectivity index (χ0) is 58.2. The standard InChI is InChI=1S/C87H25NO6/c1-92-82(90)87-83(91)94-17-19-10-8-9-18(15-19)16-93-81(89)80(88-79(20-11-4-2-5-12-20)21-13-6-3-7-14-21)84-72-62-53-41-33-25-22-23-26-31-36-35-30(23)32-24(22)29-27-28(25)38(41)46-45-37(27)43-39(29)47-44(32)51-48(35)58-49(36)52-50-40(31)42(34(26)33)54(53)63(72)60(50)68-67(52)76-70(58)75-66(51)61(47)65-56(43)57-55(45)64(59(46)62)73(84)71-69(57)74(65)85(75,87)86(76,87)78(71)77(68)84/h2-15,72,79-80,88H,16-17H2,1H3. The van der Waals surface area contributed by atoms with Gasteiger partial charge in [-0.1, -0.05) is 78.9 Å². The van der Waals surface area contributed by atoms with Gasteiger partial charge in [-0.15, -0.1) is 0 Å². The molecule has 1 aliphatic heterocycles. The maximum atomic E-state index is 17.9. The van der Waals surface area contributed by atoms with Crippen molar-refractivity contribution < 1.29 is 28.6 Å². The molecule has 27 aromatic rings. The molecule has 6 unspecified atom stereocenters. The minimum absolute atomic E-state index is 0.0151. The monoisotopic (exact) mass is 1180 g/mol. The summed E-state index contributed by atoms with van der Waals surface area (Å²) >= 11 is 0. The first-order valence-electron chi connectivity index (χ1n) is 33.9. The number of carbonyl (C=O) groups excluding carboxylic acids is 3. The highest BCUT2D eigenvalue weighted by Gasteiger charge is 3.03. The van der Waals surface area contributed by atoms with Crippen molar-refractivity contribution in [2.24, 2.45) is 5.41 Å². The topological polar surface area (TPSA) is 90.9 Å². The summed E-state index contributed by atoms with van der Waals surface area (Å²) in [6, 6.07) is 28.1. The van der Waals surface area contributed by atoms with Crippen LogP contribution in [0.5, 0.6) is 0 Å². The molecule has 10 aliphatic rings. The van der Waals surface area contributed by atoms with Crippen LogP contribution < -0.4 is 5.32 Å². The number of fused-ring (bicyclic) bond motifs is 2.